The number of benzene rings is 2. The molecule has 2 fully saturated rings. The van der Waals surface area contributed by atoms with Crippen LogP contribution in [0.15, 0.2) is 54.3 Å². The van der Waals surface area contributed by atoms with Crippen molar-refractivity contribution in [1.29, 1.82) is 0 Å². The Morgan fingerprint density at radius 2 is 1.90 bits per heavy atom. The standard InChI is InChI=1S/C24H24ClFN2O3/c25-18-11-9-16(10-12-18)14-27-23(29)15-28-20-7-3-4-8-21(20)31-22(24(28)30)13-17-5-1-2-6-19(17)26/h1-2,5-6,9-13,20-21H,3-4,7-8,14-15H2,(H,27,29)/b22-13-. The largest absolute Gasteiger partial charge is 0.482 e. The molecule has 4 rings (SSSR count). The van der Waals surface area contributed by atoms with Crippen molar-refractivity contribution >= 4 is 29.5 Å². The summed E-state index contributed by atoms with van der Waals surface area (Å²) in [5.74, 6) is -0.976. The van der Waals surface area contributed by atoms with Crippen LogP contribution in [-0.4, -0.2) is 35.4 Å². The third kappa shape index (κ3) is 5.07. The van der Waals surface area contributed by atoms with Crippen molar-refractivity contribution in [1.82, 2.24) is 10.2 Å². The van der Waals surface area contributed by atoms with Gasteiger partial charge in [0.1, 0.15) is 18.5 Å². The van der Waals surface area contributed by atoms with Crippen molar-refractivity contribution in [2.45, 2.75) is 44.4 Å². The van der Waals surface area contributed by atoms with Gasteiger partial charge in [0.15, 0.2) is 5.76 Å². The van der Waals surface area contributed by atoms with Gasteiger partial charge >= 0.3 is 0 Å². The predicted molar refractivity (Wildman–Crippen MR) is 117 cm³/mol. The summed E-state index contributed by atoms with van der Waals surface area (Å²) in [4.78, 5) is 27.4. The van der Waals surface area contributed by atoms with Gasteiger partial charge in [0.2, 0.25) is 5.91 Å². The first kappa shape index (κ1) is 21.4. The Kier molecular flexibility index (Phi) is 6.56. The molecule has 0 radical (unpaired) electrons. The van der Waals surface area contributed by atoms with Crippen LogP contribution in [0, 0.1) is 5.82 Å². The van der Waals surface area contributed by atoms with Crippen molar-refractivity contribution in [2.24, 2.45) is 0 Å². The average molecular weight is 443 g/mol. The van der Waals surface area contributed by atoms with E-state index in [2.05, 4.69) is 5.32 Å². The molecule has 2 unspecified atom stereocenters. The number of rotatable bonds is 5. The number of ether oxygens (including phenoxy) is 1. The number of hydrogen-bond acceptors (Lipinski definition) is 3. The summed E-state index contributed by atoms with van der Waals surface area (Å²) in [5, 5.41) is 3.49. The van der Waals surface area contributed by atoms with Gasteiger partial charge in [-0.15, -0.1) is 0 Å². The Morgan fingerprint density at radius 1 is 1.16 bits per heavy atom. The van der Waals surface area contributed by atoms with E-state index in [0.29, 0.717) is 11.6 Å². The van der Waals surface area contributed by atoms with Crippen molar-refractivity contribution < 1.29 is 18.7 Å². The van der Waals surface area contributed by atoms with E-state index in [1.165, 1.54) is 12.1 Å². The molecule has 2 aromatic carbocycles. The molecule has 1 saturated heterocycles. The second-order valence-electron chi connectivity index (χ2n) is 7.87. The summed E-state index contributed by atoms with van der Waals surface area (Å²) >= 11 is 5.89. The maximum atomic E-state index is 14.1. The summed E-state index contributed by atoms with van der Waals surface area (Å²) < 4.78 is 20.1. The molecule has 0 bridgehead atoms. The van der Waals surface area contributed by atoms with Gasteiger partial charge < -0.3 is 15.0 Å². The second kappa shape index (κ2) is 9.52. The number of nitrogens with zero attached hydrogens (tertiary/aromatic N) is 1. The number of carbonyl (C=O) groups excluding carboxylic acids is 2. The van der Waals surface area contributed by atoms with E-state index in [1.54, 1.807) is 35.2 Å². The zero-order valence-corrected chi connectivity index (χ0v) is 17.8. The molecule has 31 heavy (non-hydrogen) atoms. The average Bonchev–Trinajstić information content (AvgIpc) is 2.77. The maximum Gasteiger partial charge on any atom is 0.289 e. The molecule has 1 N–H and O–H groups in total. The first-order valence-corrected chi connectivity index (χ1v) is 10.8. The van der Waals surface area contributed by atoms with Crippen LogP contribution < -0.4 is 5.32 Å². The van der Waals surface area contributed by atoms with Crippen LogP contribution in [0.3, 0.4) is 0 Å². The highest BCUT2D eigenvalue weighted by Gasteiger charge is 2.42. The van der Waals surface area contributed by atoms with Crippen LogP contribution in [-0.2, 0) is 20.9 Å². The molecule has 2 aliphatic rings. The molecule has 0 spiro atoms. The topological polar surface area (TPSA) is 58.6 Å². The van der Waals surface area contributed by atoms with E-state index in [-0.39, 0.29) is 41.8 Å². The van der Waals surface area contributed by atoms with Gasteiger partial charge in [-0.25, -0.2) is 4.39 Å². The summed E-state index contributed by atoms with van der Waals surface area (Å²) in [7, 11) is 0. The molecule has 2 atom stereocenters. The second-order valence-corrected chi connectivity index (χ2v) is 8.31. The van der Waals surface area contributed by atoms with Crippen molar-refractivity contribution in [3.8, 4) is 0 Å². The molecule has 1 aliphatic heterocycles. The SMILES string of the molecule is O=C(CN1C(=O)/C(=C/c2ccccc2F)OC2CCCCC21)NCc1ccc(Cl)cc1. The van der Waals surface area contributed by atoms with Crippen LogP contribution in [0.4, 0.5) is 4.39 Å². The monoisotopic (exact) mass is 442 g/mol. The van der Waals surface area contributed by atoms with Gasteiger partial charge in [0.25, 0.3) is 5.91 Å². The maximum absolute atomic E-state index is 14.1. The summed E-state index contributed by atoms with van der Waals surface area (Å²) in [6, 6.07) is 13.3. The molecule has 1 saturated carbocycles. The quantitative estimate of drug-likeness (QED) is 0.702. The third-order valence-corrected chi connectivity index (χ3v) is 5.98. The molecule has 1 heterocycles. The van der Waals surface area contributed by atoms with Crippen molar-refractivity contribution in [3.63, 3.8) is 0 Å². The molecule has 162 valence electrons. The van der Waals surface area contributed by atoms with E-state index in [1.807, 2.05) is 12.1 Å². The number of fused-ring (bicyclic) bond motifs is 1. The first-order valence-electron chi connectivity index (χ1n) is 10.5. The molecular weight excluding hydrogens is 419 g/mol. The normalized spacial score (nSPS) is 22.1. The van der Waals surface area contributed by atoms with Crippen LogP contribution in [0.1, 0.15) is 36.8 Å². The van der Waals surface area contributed by atoms with Gasteiger partial charge in [0, 0.05) is 17.1 Å². The molecular formula is C24H24ClFN2O3. The highest BCUT2D eigenvalue weighted by molar-refractivity contribution is 6.30. The van der Waals surface area contributed by atoms with Gasteiger partial charge in [-0.2, -0.15) is 0 Å². The number of hydrogen-bond donors (Lipinski definition) is 1. The van der Waals surface area contributed by atoms with E-state index < -0.39 is 5.82 Å². The highest BCUT2D eigenvalue weighted by Crippen LogP contribution is 2.33. The zero-order chi connectivity index (χ0) is 21.8. The first-order chi connectivity index (χ1) is 15.0. The van der Waals surface area contributed by atoms with Crippen molar-refractivity contribution in [3.05, 3.63) is 76.3 Å². The van der Waals surface area contributed by atoms with E-state index in [9.17, 15) is 14.0 Å². The number of carbonyl (C=O) groups is 2. The fourth-order valence-electron chi connectivity index (χ4n) is 4.11. The lowest BCUT2D eigenvalue weighted by atomic mass is 9.89. The number of halogens is 2. The molecule has 2 amide bonds. The molecule has 1 aliphatic carbocycles. The Bertz CT molecular complexity index is 993. The Labute approximate surface area is 185 Å². The van der Waals surface area contributed by atoms with Crippen LogP contribution in [0.2, 0.25) is 5.02 Å². The molecule has 2 aromatic rings. The minimum absolute atomic E-state index is 0.0639. The van der Waals surface area contributed by atoms with Gasteiger partial charge in [-0.05, 0) is 49.1 Å². The van der Waals surface area contributed by atoms with Crippen molar-refractivity contribution in [2.75, 3.05) is 6.54 Å². The van der Waals surface area contributed by atoms with Gasteiger partial charge in [-0.3, -0.25) is 9.59 Å². The number of nitrogens with one attached hydrogen (secondary N) is 1. The fraction of sp³-hybridized carbons (Fsp3) is 0.333. The lowest BCUT2D eigenvalue weighted by Crippen LogP contribution is -2.57. The smallest absolute Gasteiger partial charge is 0.289 e. The number of amides is 2. The summed E-state index contributed by atoms with van der Waals surface area (Å²) in [6.07, 6.45) is 4.81. The minimum atomic E-state index is -0.426. The minimum Gasteiger partial charge on any atom is -0.482 e. The Morgan fingerprint density at radius 3 is 2.68 bits per heavy atom. The Hall–Kier alpha value is -2.86. The van der Waals surface area contributed by atoms with Crippen LogP contribution >= 0.6 is 11.6 Å². The fourth-order valence-corrected chi connectivity index (χ4v) is 4.23. The lowest BCUT2D eigenvalue weighted by Gasteiger charge is -2.44. The van der Waals surface area contributed by atoms with Gasteiger partial charge in [0.05, 0.1) is 6.04 Å². The molecule has 0 aromatic heterocycles. The van der Waals surface area contributed by atoms with Crippen LogP contribution in [0.5, 0.6) is 0 Å². The third-order valence-electron chi connectivity index (χ3n) is 5.73. The molecule has 7 heteroatoms. The molecule has 5 nitrogen and oxygen atoms in total. The summed E-state index contributed by atoms with van der Waals surface area (Å²) in [5.41, 5.74) is 1.20. The van der Waals surface area contributed by atoms with E-state index >= 15 is 0 Å². The van der Waals surface area contributed by atoms with E-state index in [4.69, 9.17) is 16.3 Å². The van der Waals surface area contributed by atoms with E-state index in [0.717, 1.165) is 31.2 Å². The number of morpholine rings is 1. The van der Waals surface area contributed by atoms with Gasteiger partial charge in [-0.1, -0.05) is 48.4 Å². The van der Waals surface area contributed by atoms with Crippen LogP contribution in [0.25, 0.3) is 6.08 Å². The predicted octanol–water partition coefficient (Wildman–Crippen LogP) is 4.31. The Balaban J connectivity index is 1.49. The lowest BCUT2D eigenvalue weighted by molar-refractivity contribution is -0.151. The highest BCUT2D eigenvalue weighted by atomic mass is 35.5. The zero-order valence-electron chi connectivity index (χ0n) is 17.0. The summed E-state index contributed by atoms with van der Waals surface area (Å²) in [6.45, 7) is 0.284.